The molecule has 0 amide bonds. The number of esters is 2. The molecule has 0 spiro atoms. The molecule has 0 heterocycles. The summed E-state index contributed by atoms with van der Waals surface area (Å²) in [4.78, 5) is 33.0. The van der Waals surface area contributed by atoms with E-state index in [4.69, 9.17) is 4.74 Å². The maximum Gasteiger partial charge on any atom is 0.349 e. The number of para-hydroxylation sites is 1. The van der Waals surface area contributed by atoms with E-state index in [0.717, 1.165) is 11.8 Å². The Balaban J connectivity index is 2.88. The van der Waals surface area contributed by atoms with Crippen LogP contribution in [-0.4, -0.2) is 24.8 Å². The molecule has 1 rings (SSSR count). The van der Waals surface area contributed by atoms with Gasteiger partial charge in [-0.1, -0.05) is 32.0 Å². The summed E-state index contributed by atoms with van der Waals surface area (Å²) < 4.78 is 9.78. The maximum absolute atomic E-state index is 11.6. The lowest BCUT2D eigenvalue weighted by Gasteiger charge is -2.24. The minimum absolute atomic E-state index is 0.311. The van der Waals surface area contributed by atoms with Gasteiger partial charge in [-0.3, -0.25) is 4.79 Å². The third-order valence-electron chi connectivity index (χ3n) is 2.83. The van der Waals surface area contributed by atoms with Crippen LogP contribution in [0.4, 0.5) is 0 Å². The molecule has 5 heteroatoms. The summed E-state index contributed by atoms with van der Waals surface area (Å²) >= 11 is 0. The Hall–Kier alpha value is -2.17. The largest absolute Gasteiger partial charge is 0.454 e. The monoisotopic (exact) mass is 278 g/mol. The van der Waals surface area contributed by atoms with Crippen LogP contribution < -0.4 is 4.74 Å². The SMILES string of the molecule is CC(=O)OCC(=O)Oc1ccccc1C(C)(C)CC=O. The zero-order valence-corrected chi connectivity index (χ0v) is 11.8. The van der Waals surface area contributed by atoms with E-state index in [1.807, 2.05) is 19.9 Å². The molecule has 108 valence electrons. The van der Waals surface area contributed by atoms with E-state index in [0.29, 0.717) is 12.2 Å². The fourth-order valence-corrected chi connectivity index (χ4v) is 1.75. The van der Waals surface area contributed by atoms with Crippen molar-refractivity contribution < 1.29 is 23.9 Å². The van der Waals surface area contributed by atoms with Gasteiger partial charge >= 0.3 is 11.9 Å². The van der Waals surface area contributed by atoms with E-state index in [1.54, 1.807) is 18.2 Å². The zero-order valence-electron chi connectivity index (χ0n) is 11.8. The number of rotatable bonds is 6. The molecule has 0 bridgehead atoms. The molecule has 0 saturated carbocycles. The Kier molecular flexibility index (Phi) is 5.43. The Labute approximate surface area is 117 Å². The summed E-state index contributed by atoms with van der Waals surface area (Å²) in [6.45, 7) is 4.56. The molecule has 0 radical (unpaired) electrons. The lowest BCUT2D eigenvalue weighted by Crippen LogP contribution is -2.22. The van der Waals surface area contributed by atoms with Crippen molar-refractivity contribution in [2.45, 2.75) is 32.6 Å². The van der Waals surface area contributed by atoms with Crippen LogP contribution in [0.1, 0.15) is 32.8 Å². The minimum Gasteiger partial charge on any atom is -0.454 e. The quantitative estimate of drug-likeness (QED) is 0.452. The van der Waals surface area contributed by atoms with Gasteiger partial charge in [0.05, 0.1) is 0 Å². The Bertz CT molecular complexity index is 505. The molecule has 0 aliphatic carbocycles. The highest BCUT2D eigenvalue weighted by Crippen LogP contribution is 2.33. The molecule has 0 aliphatic rings. The predicted molar refractivity (Wildman–Crippen MR) is 72.4 cm³/mol. The standard InChI is InChI=1S/C15H18O5/c1-11(17)19-10-14(18)20-13-7-5-4-6-12(13)15(2,3)8-9-16/h4-7,9H,8,10H2,1-3H3. The number of hydrogen-bond donors (Lipinski definition) is 0. The van der Waals surface area contributed by atoms with Crippen LogP contribution in [0.5, 0.6) is 5.75 Å². The molecular weight excluding hydrogens is 260 g/mol. The average molecular weight is 278 g/mol. The van der Waals surface area contributed by atoms with E-state index in [1.165, 1.54) is 6.92 Å². The summed E-state index contributed by atoms with van der Waals surface area (Å²) in [6.07, 6.45) is 1.14. The van der Waals surface area contributed by atoms with Crippen LogP contribution >= 0.6 is 0 Å². The second-order valence-electron chi connectivity index (χ2n) is 5.01. The first-order valence-electron chi connectivity index (χ1n) is 6.24. The molecule has 20 heavy (non-hydrogen) atoms. The van der Waals surface area contributed by atoms with Crippen molar-refractivity contribution >= 4 is 18.2 Å². The Morgan fingerprint density at radius 3 is 2.50 bits per heavy atom. The number of carbonyl (C=O) groups excluding carboxylic acids is 3. The molecular formula is C15H18O5. The van der Waals surface area contributed by atoms with E-state index in [9.17, 15) is 14.4 Å². The lowest BCUT2D eigenvalue weighted by atomic mass is 9.81. The fourth-order valence-electron chi connectivity index (χ4n) is 1.75. The van der Waals surface area contributed by atoms with E-state index >= 15 is 0 Å². The molecule has 0 aliphatic heterocycles. The second kappa shape index (κ2) is 6.84. The van der Waals surface area contributed by atoms with Crippen molar-refractivity contribution in [3.63, 3.8) is 0 Å². The molecule has 0 unspecified atom stereocenters. The van der Waals surface area contributed by atoms with Gasteiger partial charge in [0.1, 0.15) is 12.0 Å². The number of benzene rings is 1. The summed E-state index contributed by atoms with van der Waals surface area (Å²) in [5, 5.41) is 0. The summed E-state index contributed by atoms with van der Waals surface area (Å²) in [5.74, 6) is -0.831. The van der Waals surface area contributed by atoms with Gasteiger partial charge in [-0.2, -0.15) is 0 Å². The third kappa shape index (κ3) is 4.50. The molecule has 0 aromatic heterocycles. The van der Waals surface area contributed by atoms with Gasteiger partial charge in [0.25, 0.3) is 0 Å². The van der Waals surface area contributed by atoms with Crippen molar-refractivity contribution in [2.75, 3.05) is 6.61 Å². The lowest BCUT2D eigenvalue weighted by molar-refractivity contribution is -0.152. The van der Waals surface area contributed by atoms with Gasteiger partial charge in [0, 0.05) is 18.9 Å². The number of aldehydes is 1. The molecule has 1 aromatic rings. The Morgan fingerprint density at radius 1 is 1.25 bits per heavy atom. The maximum atomic E-state index is 11.6. The van der Waals surface area contributed by atoms with Crippen molar-refractivity contribution in [3.8, 4) is 5.75 Å². The highest BCUT2D eigenvalue weighted by atomic mass is 16.6. The number of hydrogen-bond acceptors (Lipinski definition) is 5. The van der Waals surface area contributed by atoms with E-state index < -0.39 is 24.0 Å². The topological polar surface area (TPSA) is 69.7 Å². The first kappa shape index (κ1) is 15.9. The average Bonchev–Trinajstić information content (AvgIpc) is 2.37. The van der Waals surface area contributed by atoms with Gasteiger partial charge in [0.2, 0.25) is 0 Å². The summed E-state index contributed by atoms with van der Waals surface area (Å²) in [6, 6.07) is 6.99. The summed E-state index contributed by atoms with van der Waals surface area (Å²) in [5.41, 5.74) is 0.309. The third-order valence-corrected chi connectivity index (χ3v) is 2.83. The van der Waals surface area contributed by atoms with Gasteiger partial charge < -0.3 is 14.3 Å². The predicted octanol–water partition coefficient (Wildman–Crippen LogP) is 2.02. The molecule has 0 N–H and O–H groups in total. The fraction of sp³-hybridized carbons (Fsp3) is 0.400. The summed E-state index contributed by atoms with van der Waals surface area (Å²) in [7, 11) is 0. The van der Waals surface area contributed by atoms with Crippen molar-refractivity contribution in [1.29, 1.82) is 0 Å². The molecule has 0 atom stereocenters. The van der Waals surface area contributed by atoms with Crippen LogP contribution in [0.25, 0.3) is 0 Å². The van der Waals surface area contributed by atoms with Crippen LogP contribution in [0.15, 0.2) is 24.3 Å². The minimum atomic E-state index is -0.658. The first-order valence-corrected chi connectivity index (χ1v) is 6.24. The van der Waals surface area contributed by atoms with Crippen LogP contribution in [0.2, 0.25) is 0 Å². The van der Waals surface area contributed by atoms with Crippen molar-refractivity contribution in [2.24, 2.45) is 0 Å². The van der Waals surface area contributed by atoms with E-state index in [-0.39, 0.29) is 0 Å². The van der Waals surface area contributed by atoms with Gasteiger partial charge in [-0.05, 0) is 11.5 Å². The molecule has 0 saturated heterocycles. The molecule has 1 aromatic carbocycles. The molecule has 0 fully saturated rings. The first-order chi connectivity index (χ1) is 9.36. The van der Waals surface area contributed by atoms with Gasteiger partial charge in [-0.25, -0.2) is 4.79 Å². The highest BCUT2D eigenvalue weighted by Gasteiger charge is 2.25. The van der Waals surface area contributed by atoms with Crippen molar-refractivity contribution in [1.82, 2.24) is 0 Å². The van der Waals surface area contributed by atoms with Crippen molar-refractivity contribution in [3.05, 3.63) is 29.8 Å². The van der Waals surface area contributed by atoms with Gasteiger partial charge in [-0.15, -0.1) is 0 Å². The Morgan fingerprint density at radius 2 is 1.90 bits per heavy atom. The van der Waals surface area contributed by atoms with Crippen LogP contribution in [-0.2, 0) is 24.5 Å². The number of carbonyl (C=O) groups is 3. The zero-order chi connectivity index (χ0) is 15.2. The van der Waals surface area contributed by atoms with E-state index in [2.05, 4.69) is 4.74 Å². The smallest absolute Gasteiger partial charge is 0.349 e. The van der Waals surface area contributed by atoms with Gasteiger partial charge in [0.15, 0.2) is 6.61 Å². The molecule has 5 nitrogen and oxygen atoms in total. The number of ether oxygens (including phenoxy) is 2. The van der Waals surface area contributed by atoms with Crippen LogP contribution in [0, 0.1) is 0 Å². The normalized spacial score (nSPS) is 10.8. The highest BCUT2D eigenvalue weighted by molar-refractivity contribution is 5.77. The second-order valence-corrected chi connectivity index (χ2v) is 5.01. The van der Waals surface area contributed by atoms with Crippen LogP contribution in [0.3, 0.4) is 0 Å².